The zero-order chi connectivity index (χ0) is 21.0. The van der Waals surface area contributed by atoms with Crippen molar-refractivity contribution in [1.82, 2.24) is 0 Å². The molecule has 0 aromatic heterocycles. The quantitative estimate of drug-likeness (QED) is 0.626. The molecule has 0 amide bonds. The topological polar surface area (TPSA) is 57.2 Å². The molecule has 0 bridgehead atoms. The van der Waals surface area contributed by atoms with Gasteiger partial charge in [-0.05, 0) is 42.1 Å². The Morgan fingerprint density at radius 1 is 1.07 bits per heavy atom. The van der Waals surface area contributed by atoms with E-state index in [2.05, 4.69) is 23.1 Å². The summed E-state index contributed by atoms with van der Waals surface area (Å²) in [7, 11) is 5.29. The highest BCUT2D eigenvalue weighted by atomic mass is 16.7. The molecule has 5 rings (SSSR count). The number of hydrogen-bond acceptors (Lipinski definition) is 6. The molecule has 0 fully saturated rings. The second-order valence-corrected chi connectivity index (χ2v) is 7.68. The van der Waals surface area contributed by atoms with Crippen LogP contribution in [0.2, 0.25) is 0 Å². The number of rotatable bonds is 4. The number of hydrogen-bond donors (Lipinski definition) is 0. The van der Waals surface area contributed by atoms with Gasteiger partial charge in [-0.3, -0.25) is 4.79 Å². The minimum absolute atomic E-state index is 0.115. The first-order valence-corrected chi connectivity index (χ1v) is 9.87. The lowest BCUT2D eigenvalue weighted by atomic mass is 9.84. The molecule has 6 nitrogen and oxygen atoms in total. The molecule has 154 valence electrons. The van der Waals surface area contributed by atoms with Crippen molar-refractivity contribution in [2.75, 3.05) is 33.0 Å². The van der Waals surface area contributed by atoms with E-state index < -0.39 is 0 Å². The van der Waals surface area contributed by atoms with Gasteiger partial charge in [-0.15, -0.1) is 0 Å². The fourth-order valence-electron chi connectivity index (χ4n) is 4.67. The van der Waals surface area contributed by atoms with Crippen molar-refractivity contribution >= 4 is 22.2 Å². The number of carbonyl (C=O) groups excluding carboxylic acids is 1. The SMILES string of the molecule is COc1ccc2c(c1OC)C(CC(C)=O)N(C)c1c-2ccc2cc3c(cc12)OCO3. The van der Waals surface area contributed by atoms with E-state index in [0.29, 0.717) is 17.9 Å². The molecule has 0 N–H and O–H groups in total. The van der Waals surface area contributed by atoms with Crippen molar-refractivity contribution < 1.29 is 23.7 Å². The number of Topliss-reactive ketones (excluding diaryl/α,β-unsaturated/α-hetero) is 1. The molecule has 0 aliphatic carbocycles. The number of fused-ring (bicyclic) bond motifs is 6. The van der Waals surface area contributed by atoms with Gasteiger partial charge in [0, 0.05) is 30.0 Å². The third-order valence-electron chi connectivity index (χ3n) is 5.99. The number of nitrogens with zero attached hydrogens (tertiary/aromatic N) is 1. The molecule has 0 spiro atoms. The van der Waals surface area contributed by atoms with Gasteiger partial charge in [-0.1, -0.05) is 12.1 Å². The standard InChI is InChI=1S/C24H23NO5/c1-13(26)9-18-22-15(7-8-19(27-3)24(22)28-4)16-6-5-14-10-20-21(30-12-29-20)11-17(14)23(16)25(18)2/h5-8,10-11,18H,9,12H2,1-4H3. The van der Waals surface area contributed by atoms with E-state index in [1.807, 2.05) is 25.2 Å². The predicted octanol–water partition coefficient (Wildman–Crippen LogP) is 4.72. The van der Waals surface area contributed by atoms with Crippen LogP contribution in [-0.4, -0.2) is 33.8 Å². The van der Waals surface area contributed by atoms with Crippen LogP contribution >= 0.6 is 0 Å². The summed E-state index contributed by atoms with van der Waals surface area (Å²) < 4.78 is 22.5. The fourth-order valence-corrected chi connectivity index (χ4v) is 4.67. The minimum Gasteiger partial charge on any atom is -0.493 e. The summed E-state index contributed by atoms with van der Waals surface area (Å²) in [6.45, 7) is 1.85. The van der Waals surface area contributed by atoms with E-state index >= 15 is 0 Å². The summed E-state index contributed by atoms with van der Waals surface area (Å²) in [4.78, 5) is 14.4. The monoisotopic (exact) mass is 405 g/mol. The average molecular weight is 405 g/mol. The van der Waals surface area contributed by atoms with Gasteiger partial charge < -0.3 is 23.8 Å². The summed E-state index contributed by atoms with van der Waals surface area (Å²) in [5, 5.41) is 2.13. The number of ketones is 1. The van der Waals surface area contributed by atoms with Crippen LogP contribution in [0.3, 0.4) is 0 Å². The smallest absolute Gasteiger partial charge is 0.231 e. The number of carbonyl (C=O) groups is 1. The van der Waals surface area contributed by atoms with Crippen LogP contribution in [-0.2, 0) is 4.79 Å². The first kappa shape index (κ1) is 18.6. The molecule has 0 saturated heterocycles. The Hall–Kier alpha value is -3.41. The van der Waals surface area contributed by atoms with E-state index in [0.717, 1.165) is 44.6 Å². The lowest BCUT2D eigenvalue weighted by Gasteiger charge is -2.39. The highest BCUT2D eigenvalue weighted by Gasteiger charge is 2.35. The molecule has 30 heavy (non-hydrogen) atoms. The number of ether oxygens (including phenoxy) is 4. The maximum Gasteiger partial charge on any atom is 0.231 e. The number of benzene rings is 3. The fraction of sp³-hybridized carbons (Fsp3) is 0.292. The molecule has 0 radical (unpaired) electrons. The Kier molecular flexibility index (Phi) is 4.24. The molecule has 3 aromatic carbocycles. The summed E-state index contributed by atoms with van der Waals surface area (Å²) in [5.41, 5.74) is 4.17. The van der Waals surface area contributed by atoms with Crippen molar-refractivity contribution in [1.29, 1.82) is 0 Å². The van der Waals surface area contributed by atoms with Crippen molar-refractivity contribution in [2.24, 2.45) is 0 Å². The van der Waals surface area contributed by atoms with Gasteiger partial charge in [0.2, 0.25) is 6.79 Å². The highest BCUT2D eigenvalue weighted by Crippen LogP contribution is 2.54. The van der Waals surface area contributed by atoms with Gasteiger partial charge in [-0.2, -0.15) is 0 Å². The molecule has 6 heteroatoms. The van der Waals surface area contributed by atoms with Gasteiger partial charge in [0.15, 0.2) is 23.0 Å². The first-order chi connectivity index (χ1) is 14.5. The van der Waals surface area contributed by atoms with Gasteiger partial charge in [0.25, 0.3) is 0 Å². The molecule has 1 atom stereocenters. The van der Waals surface area contributed by atoms with Crippen LogP contribution in [0, 0.1) is 0 Å². The summed E-state index contributed by atoms with van der Waals surface area (Å²) in [6.07, 6.45) is 0.368. The highest BCUT2D eigenvalue weighted by molar-refractivity contribution is 6.06. The van der Waals surface area contributed by atoms with E-state index in [4.69, 9.17) is 18.9 Å². The van der Waals surface area contributed by atoms with Gasteiger partial charge in [0.1, 0.15) is 5.78 Å². The molecule has 3 aromatic rings. The Balaban J connectivity index is 1.83. The minimum atomic E-state index is -0.175. The summed E-state index contributed by atoms with van der Waals surface area (Å²) in [6, 6.07) is 12.0. The van der Waals surface area contributed by atoms with Crippen molar-refractivity contribution in [2.45, 2.75) is 19.4 Å². The third-order valence-corrected chi connectivity index (χ3v) is 5.99. The Labute approximate surface area is 174 Å². The largest absolute Gasteiger partial charge is 0.493 e. The zero-order valence-electron chi connectivity index (χ0n) is 17.4. The van der Waals surface area contributed by atoms with Gasteiger partial charge >= 0.3 is 0 Å². The molecular formula is C24H23NO5. The third kappa shape index (κ3) is 2.60. The maximum atomic E-state index is 12.2. The van der Waals surface area contributed by atoms with Gasteiger partial charge in [-0.25, -0.2) is 0 Å². The van der Waals surface area contributed by atoms with Gasteiger partial charge in [0.05, 0.1) is 25.9 Å². The molecule has 1 unspecified atom stereocenters. The molecule has 0 saturated carbocycles. The van der Waals surface area contributed by atoms with Crippen LogP contribution in [0.4, 0.5) is 5.69 Å². The maximum absolute atomic E-state index is 12.2. The van der Waals surface area contributed by atoms with Crippen molar-refractivity contribution in [3.8, 4) is 34.1 Å². The molecule has 2 aliphatic heterocycles. The van der Waals surface area contributed by atoms with Crippen molar-refractivity contribution in [3.05, 3.63) is 42.0 Å². The average Bonchev–Trinajstić information content (AvgIpc) is 3.20. The van der Waals surface area contributed by atoms with Crippen molar-refractivity contribution in [3.63, 3.8) is 0 Å². The van der Waals surface area contributed by atoms with Crippen LogP contribution in [0.15, 0.2) is 36.4 Å². The van der Waals surface area contributed by atoms with Crippen LogP contribution in [0.5, 0.6) is 23.0 Å². The normalized spacial score (nSPS) is 16.3. The van der Waals surface area contributed by atoms with E-state index in [1.165, 1.54) is 0 Å². The van der Waals surface area contributed by atoms with Crippen LogP contribution in [0.1, 0.15) is 24.9 Å². The zero-order valence-corrected chi connectivity index (χ0v) is 17.4. The first-order valence-electron chi connectivity index (χ1n) is 9.87. The molecule has 2 heterocycles. The molecular weight excluding hydrogens is 382 g/mol. The lowest BCUT2D eigenvalue weighted by Crippen LogP contribution is -2.30. The number of methoxy groups -OCH3 is 2. The Morgan fingerprint density at radius 3 is 2.50 bits per heavy atom. The van der Waals surface area contributed by atoms with Crippen LogP contribution < -0.4 is 23.8 Å². The Morgan fingerprint density at radius 2 is 1.80 bits per heavy atom. The van der Waals surface area contributed by atoms with E-state index in [-0.39, 0.29) is 18.6 Å². The van der Waals surface area contributed by atoms with E-state index in [1.54, 1.807) is 21.1 Å². The summed E-state index contributed by atoms with van der Waals surface area (Å²) >= 11 is 0. The lowest BCUT2D eigenvalue weighted by molar-refractivity contribution is -0.117. The predicted molar refractivity (Wildman–Crippen MR) is 115 cm³/mol. The summed E-state index contributed by atoms with van der Waals surface area (Å²) in [5.74, 6) is 2.94. The van der Waals surface area contributed by atoms with Crippen LogP contribution in [0.25, 0.3) is 21.9 Å². The number of anilines is 1. The molecule has 2 aliphatic rings. The second-order valence-electron chi connectivity index (χ2n) is 7.68. The van der Waals surface area contributed by atoms with E-state index in [9.17, 15) is 4.79 Å². The second kappa shape index (κ2) is 6.83. The Bertz CT molecular complexity index is 1190.